The largest absolute Gasteiger partial charge is 0.394 e. The van der Waals surface area contributed by atoms with Crippen molar-refractivity contribution >= 4 is 10.0 Å². The Kier molecular flexibility index (Phi) is 5.19. The first kappa shape index (κ1) is 16.5. The summed E-state index contributed by atoms with van der Waals surface area (Å²) in [5.41, 5.74) is -1.80. The van der Waals surface area contributed by atoms with Crippen LogP contribution in [-0.4, -0.2) is 37.4 Å². The van der Waals surface area contributed by atoms with Gasteiger partial charge in [-0.1, -0.05) is 6.92 Å². The number of hydrogen-bond acceptors (Lipinski definition) is 5. The van der Waals surface area contributed by atoms with Gasteiger partial charge in [0.1, 0.15) is 11.9 Å². The standard InChI is InChI=1S/C12H15FN2O4S/c1-2-12(7-16,8-17)15-20(18,19)10-3-4-11(13)9(5-10)6-14/h3-5,15-17H,2,7-8H2,1H3. The molecule has 1 aromatic carbocycles. The van der Waals surface area contributed by atoms with Crippen molar-refractivity contribution in [1.29, 1.82) is 5.26 Å². The van der Waals surface area contributed by atoms with E-state index in [1.54, 1.807) is 13.0 Å². The van der Waals surface area contributed by atoms with Gasteiger partial charge >= 0.3 is 0 Å². The molecule has 1 aromatic rings. The molecule has 8 heteroatoms. The fraction of sp³-hybridized carbons (Fsp3) is 0.417. The maximum absolute atomic E-state index is 13.2. The van der Waals surface area contributed by atoms with Gasteiger partial charge in [-0.15, -0.1) is 0 Å². The van der Waals surface area contributed by atoms with Gasteiger partial charge in [-0.25, -0.2) is 17.5 Å². The molecule has 0 aromatic heterocycles. The van der Waals surface area contributed by atoms with Crippen LogP contribution in [0.3, 0.4) is 0 Å². The lowest BCUT2D eigenvalue weighted by atomic mass is 10.0. The Morgan fingerprint density at radius 1 is 1.40 bits per heavy atom. The molecule has 0 aliphatic rings. The fourth-order valence-electron chi connectivity index (χ4n) is 1.51. The Bertz CT molecular complexity index is 613. The molecule has 20 heavy (non-hydrogen) atoms. The normalized spacial score (nSPS) is 12.2. The summed E-state index contributed by atoms with van der Waals surface area (Å²) in [7, 11) is -4.09. The molecule has 0 fully saturated rings. The third-order valence-corrected chi connectivity index (χ3v) is 4.58. The highest BCUT2D eigenvalue weighted by molar-refractivity contribution is 7.89. The number of nitrogens with one attached hydrogen (secondary N) is 1. The van der Waals surface area contributed by atoms with E-state index in [-0.39, 0.29) is 11.3 Å². The predicted octanol–water partition coefficient (Wildman–Crippen LogP) is 0.109. The van der Waals surface area contributed by atoms with Gasteiger partial charge in [-0.2, -0.15) is 5.26 Å². The van der Waals surface area contributed by atoms with Gasteiger partial charge in [0, 0.05) is 0 Å². The molecule has 3 N–H and O–H groups in total. The molecule has 6 nitrogen and oxygen atoms in total. The Hall–Kier alpha value is -1.53. The second-order valence-electron chi connectivity index (χ2n) is 4.31. The van der Waals surface area contributed by atoms with E-state index in [1.165, 1.54) is 0 Å². The maximum atomic E-state index is 13.2. The van der Waals surface area contributed by atoms with Crippen LogP contribution in [0, 0.1) is 17.1 Å². The zero-order valence-electron chi connectivity index (χ0n) is 10.8. The van der Waals surface area contributed by atoms with Gasteiger partial charge in [-0.3, -0.25) is 0 Å². The number of rotatable bonds is 6. The first-order chi connectivity index (χ1) is 9.34. The highest BCUT2D eigenvalue weighted by Gasteiger charge is 2.32. The summed E-state index contributed by atoms with van der Waals surface area (Å²) < 4.78 is 39.6. The third-order valence-electron chi connectivity index (χ3n) is 3.00. The first-order valence-electron chi connectivity index (χ1n) is 5.79. The summed E-state index contributed by atoms with van der Waals surface area (Å²) in [6, 6.07) is 4.32. The van der Waals surface area contributed by atoms with Crippen molar-refractivity contribution in [2.24, 2.45) is 0 Å². The quantitative estimate of drug-likeness (QED) is 0.690. The van der Waals surface area contributed by atoms with Gasteiger partial charge < -0.3 is 10.2 Å². The van der Waals surface area contributed by atoms with Gasteiger partial charge in [0.05, 0.1) is 29.2 Å². The Morgan fingerprint density at radius 3 is 2.45 bits per heavy atom. The fourth-order valence-corrected chi connectivity index (χ4v) is 2.99. The average Bonchev–Trinajstić information content (AvgIpc) is 2.45. The van der Waals surface area contributed by atoms with E-state index in [0.29, 0.717) is 0 Å². The number of nitriles is 1. The summed E-state index contributed by atoms with van der Waals surface area (Å²) in [6.07, 6.45) is 0.158. The molecule has 0 heterocycles. The van der Waals surface area contributed by atoms with Crippen LogP contribution >= 0.6 is 0 Å². The van der Waals surface area contributed by atoms with E-state index in [4.69, 9.17) is 5.26 Å². The topological polar surface area (TPSA) is 110 Å². The lowest BCUT2D eigenvalue weighted by Gasteiger charge is -2.29. The van der Waals surface area contributed by atoms with Crippen LogP contribution in [0.2, 0.25) is 0 Å². The molecule has 0 amide bonds. The van der Waals surface area contributed by atoms with Crippen molar-refractivity contribution in [2.75, 3.05) is 13.2 Å². The first-order valence-corrected chi connectivity index (χ1v) is 7.28. The summed E-state index contributed by atoms with van der Waals surface area (Å²) in [5.74, 6) is -0.822. The predicted molar refractivity (Wildman–Crippen MR) is 68.6 cm³/mol. The summed E-state index contributed by atoms with van der Waals surface area (Å²) >= 11 is 0. The molecule has 0 aliphatic heterocycles. The van der Waals surface area contributed by atoms with Crippen LogP contribution < -0.4 is 4.72 Å². The monoisotopic (exact) mass is 302 g/mol. The molecule has 0 atom stereocenters. The molecule has 0 radical (unpaired) electrons. The zero-order chi connectivity index (χ0) is 15.4. The molecule has 0 aliphatic carbocycles. The summed E-state index contributed by atoms with van der Waals surface area (Å²) in [4.78, 5) is -0.310. The third kappa shape index (κ3) is 3.32. The molecule has 1 rings (SSSR count). The van der Waals surface area contributed by atoms with Crippen LogP contribution in [0.1, 0.15) is 18.9 Å². The maximum Gasteiger partial charge on any atom is 0.241 e. The number of aliphatic hydroxyl groups excluding tert-OH is 2. The van der Waals surface area contributed by atoms with Crippen LogP contribution in [0.25, 0.3) is 0 Å². The second kappa shape index (κ2) is 6.28. The number of halogens is 1. The number of hydrogen-bond donors (Lipinski definition) is 3. The lowest BCUT2D eigenvalue weighted by molar-refractivity contribution is 0.105. The van der Waals surface area contributed by atoms with Gasteiger partial charge in [-0.05, 0) is 24.6 Å². The molecule has 110 valence electrons. The summed E-state index contributed by atoms with van der Waals surface area (Å²) in [5, 5.41) is 27.2. The van der Waals surface area contributed by atoms with Gasteiger partial charge in [0.15, 0.2) is 0 Å². The van der Waals surface area contributed by atoms with Crippen molar-refractivity contribution in [3.63, 3.8) is 0 Å². The Morgan fingerprint density at radius 2 is 2.00 bits per heavy atom. The van der Waals surface area contributed by atoms with Crippen LogP contribution in [-0.2, 0) is 10.0 Å². The molecule has 0 bridgehead atoms. The molecular formula is C12H15FN2O4S. The van der Waals surface area contributed by atoms with E-state index in [2.05, 4.69) is 4.72 Å². The Labute approximate surface area is 116 Å². The minimum absolute atomic E-state index is 0.158. The van der Waals surface area contributed by atoms with E-state index in [1.807, 2.05) is 0 Å². The van der Waals surface area contributed by atoms with Gasteiger partial charge in [0.25, 0.3) is 0 Å². The number of benzene rings is 1. The van der Waals surface area contributed by atoms with Crippen molar-refractivity contribution < 1.29 is 23.0 Å². The van der Waals surface area contributed by atoms with E-state index < -0.39 is 40.2 Å². The number of sulfonamides is 1. The van der Waals surface area contributed by atoms with E-state index >= 15 is 0 Å². The SMILES string of the molecule is CCC(CO)(CO)NS(=O)(=O)c1ccc(F)c(C#N)c1. The second-order valence-corrected chi connectivity index (χ2v) is 5.99. The van der Waals surface area contributed by atoms with Crippen molar-refractivity contribution in [1.82, 2.24) is 4.72 Å². The minimum Gasteiger partial charge on any atom is -0.394 e. The highest BCUT2D eigenvalue weighted by Crippen LogP contribution is 2.18. The smallest absolute Gasteiger partial charge is 0.241 e. The van der Waals surface area contributed by atoms with Crippen molar-refractivity contribution in [2.45, 2.75) is 23.8 Å². The number of aliphatic hydroxyl groups is 2. The molecule has 0 spiro atoms. The minimum atomic E-state index is -4.09. The molecule has 0 saturated heterocycles. The van der Waals surface area contributed by atoms with Crippen LogP contribution in [0.15, 0.2) is 23.1 Å². The lowest BCUT2D eigenvalue weighted by Crippen LogP contribution is -2.53. The number of nitrogens with zero attached hydrogens (tertiary/aromatic N) is 1. The molecule has 0 unspecified atom stereocenters. The molecule has 0 saturated carbocycles. The van der Waals surface area contributed by atoms with Crippen molar-refractivity contribution in [3.8, 4) is 6.07 Å². The average molecular weight is 302 g/mol. The van der Waals surface area contributed by atoms with Crippen LogP contribution in [0.4, 0.5) is 4.39 Å². The Balaban J connectivity index is 3.21. The highest BCUT2D eigenvalue weighted by atomic mass is 32.2. The van der Waals surface area contributed by atoms with Crippen LogP contribution in [0.5, 0.6) is 0 Å². The zero-order valence-corrected chi connectivity index (χ0v) is 11.6. The van der Waals surface area contributed by atoms with E-state index in [9.17, 15) is 23.0 Å². The summed E-state index contributed by atoms with van der Waals surface area (Å²) in [6.45, 7) is 0.414. The van der Waals surface area contributed by atoms with Crippen molar-refractivity contribution in [3.05, 3.63) is 29.6 Å². The molecular weight excluding hydrogens is 287 g/mol. The van der Waals surface area contributed by atoms with E-state index in [0.717, 1.165) is 18.2 Å². The van der Waals surface area contributed by atoms with Gasteiger partial charge in [0.2, 0.25) is 10.0 Å².